The molecule has 36 heavy (non-hydrogen) atoms. The van der Waals surface area contributed by atoms with Crippen LogP contribution in [-0.4, -0.2) is 56.7 Å². The average molecular weight is 513 g/mol. The van der Waals surface area contributed by atoms with Gasteiger partial charge < -0.3 is 15.0 Å². The van der Waals surface area contributed by atoms with E-state index in [0.717, 1.165) is 60.6 Å². The van der Waals surface area contributed by atoms with Crippen molar-refractivity contribution < 1.29 is 21.9 Å². The van der Waals surface area contributed by atoms with E-state index in [4.69, 9.17) is 4.74 Å². The molecule has 1 aliphatic heterocycles. The van der Waals surface area contributed by atoms with Crippen LogP contribution in [0.5, 0.6) is 5.88 Å². The molecule has 4 aromatic rings. The Kier molecular flexibility index (Phi) is 6.37. The topological polar surface area (TPSA) is 109 Å². The summed E-state index contributed by atoms with van der Waals surface area (Å²) in [5.74, 6) is -1.24. The molecule has 0 radical (unpaired) electrons. The summed E-state index contributed by atoms with van der Waals surface area (Å²) in [4.78, 5) is 14.6. The van der Waals surface area contributed by atoms with Crippen molar-refractivity contribution in [2.24, 2.45) is 0 Å². The molecule has 0 aliphatic carbocycles. The highest BCUT2D eigenvalue weighted by Gasteiger charge is 2.22. The van der Waals surface area contributed by atoms with Crippen LogP contribution >= 0.6 is 0 Å². The number of halogens is 2. The summed E-state index contributed by atoms with van der Waals surface area (Å²) in [6, 6.07) is 9.42. The molecule has 1 fully saturated rings. The Morgan fingerprint density at radius 2 is 1.81 bits per heavy atom. The highest BCUT2D eigenvalue weighted by Crippen LogP contribution is 2.33. The van der Waals surface area contributed by atoms with Crippen molar-refractivity contribution in [1.29, 1.82) is 0 Å². The van der Waals surface area contributed by atoms with E-state index in [2.05, 4.69) is 29.9 Å². The van der Waals surface area contributed by atoms with E-state index < -0.39 is 26.6 Å². The van der Waals surface area contributed by atoms with Gasteiger partial charge in [0.15, 0.2) is 0 Å². The molecule has 0 spiro atoms. The molecule has 0 atom stereocenters. The summed E-state index contributed by atoms with van der Waals surface area (Å²) in [5, 5.41) is 4.22. The molecule has 12 heteroatoms. The summed E-state index contributed by atoms with van der Waals surface area (Å²) in [6.45, 7) is 3.44. The third kappa shape index (κ3) is 4.64. The minimum absolute atomic E-state index is 0.00279. The van der Waals surface area contributed by atoms with Gasteiger partial charge in [0.1, 0.15) is 34.4 Å². The number of benzene rings is 2. The van der Waals surface area contributed by atoms with Crippen molar-refractivity contribution >= 4 is 32.4 Å². The Morgan fingerprint density at radius 3 is 2.56 bits per heavy atom. The number of hydrogen-bond donors (Lipinski definition) is 2. The molecule has 9 nitrogen and oxygen atoms in total. The molecule has 0 bridgehead atoms. The van der Waals surface area contributed by atoms with Crippen LogP contribution in [-0.2, 0) is 10.0 Å². The van der Waals surface area contributed by atoms with Crippen molar-refractivity contribution in [1.82, 2.24) is 20.3 Å². The monoisotopic (exact) mass is 512 g/mol. The van der Waals surface area contributed by atoms with Gasteiger partial charge in [-0.05, 0) is 35.9 Å². The van der Waals surface area contributed by atoms with Crippen LogP contribution in [0.2, 0.25) is 0 Å². The molecule has 5 rings (SSSR count). The first-order valence-electron chi connectivity index (χ1n) is 11.1. The van der Waals surface area contributed by atoms with Crippen LogP contribution in [0.25, 0.3) is 22.0 Å². The largest absolute Gasteiger partial charge is 0.480 e. The summed E-state index contributed by atoms with van der Waals surface area (Å²) >= 11 is 0. The van der Waals surface area contributed by atoms with E-state index in [-0.39, 0.29) is 11.6 Å². The van der Waals surface area contributed by atoms with Gasteiger partial charge in [0.25, 0.3) is 10.0 Å². The number of nitrogens with zero attached hydrogens (tertiary/aromatic N) is 4. The summed E-state index contributed by atoms with van der Waals surface area (Å²) in [6.07, 6.45) is 3.06. The van der Waals surface area contributed by atoms with Crippen molar-refractivity contribution in [3.05, 3.63) is 66.6 Å². The van der Waals surface area contributed by atoms with E-state index in [1.807, 2.05) is 18.2 Å². The Balaban J connectivity index is 1.51. The van der Waals surface area contributed by atoms with Crippen molar-refractivity contribution in [3.63, 3.8) is 0 Å². The van der Waals surface area contributed by atoms with E-state index >= 15 is 0 Å². The van der Waals surface area contributed by atoms with E-state index in [1.165, 1.54) is 25.7 Å². The lowest BCUT2D eigenvalue weighted by Gasteiger charge is -2.29. The van der Waals surface area contributed by atoms with Gasteiger partial charge in [0.05, 0.1) is 12.6 Å². The number of methoxy groups -OCH3 is 1. The van der Waals surface area contributed by atoms with Gasteiger partial charge in [-0.15, -0.1) is 0 Å². The number of anilines is 2. The fourth-order valence-electron chi connectivity index (χ4n) is 4.09. The maximum absolute atomic E-state index is 14.2. The molecular formula is C24H22F2N6O3S. The Morgan fingerprint density at radius 1 is 1.00 bits per heavy atom. The fourth-order valence-corrected chi connectivity index (χ4v) is 5.20. The van der Waals surface area contributed by atoms with Crippen molar-refractivity contribution in [2.75, 3.05) is 42.9 Å². The number of rotatable bonds is 6. The van der Waals surface area contributed by atoms with Crippen molar-refractivity contribution in [3.8, 4) is 17.0 Å². The number of piperazine rings is 1. The second-order valence-electron chi connectivity index (χ2n) is 8.13. The van der Waals surface area contributed by atoms with Gasteiger partial charge in [-0.2, -0.15) is 0 Å². The van der Waals surface area contributed by atoms with Gasteiger partial charge in [-0.1, -0.05) is 6.07 Å². The molecule has 0 amide bonds. The fraction of sp³-hybridized carbons (Fsp3) is 0.208. The van der Waals surface area contributed by atoms with Gasteiger partial charge in [-0.3, -0.25) is 4.72 Å². The molecule has 2 N–H and O–H groups in total. The first-order valence-corrected chi connectivity index (χ1v) is 12.6. The molecule has 2 aromatic heterocycles. The Bertz CT molecular complexity index is 1540. The lowest BCUT2D eigenvalue weighted by atomic mass is 10.0. The molecule has 1 saturated heterocycles. The lowest BCUT2D eigenvalue weighted by molar-refractivity contribution is 0.400. The van der Waals surface area contributed by atoms with Crippen LogP contribution in [0.3, 0.4) is 0 Å². The zero-order valence-electron chi connectivity index (χ0n) is 19.2. The third-order valence-electron chi connectivity index (χ3n) is 5.84. The van der Waals surface area contributed by atoms with Gasteiger partial charge >= 0.3 is 0 Å². The van der Waals surface area contributed by atoms with Crippen LogP contribution in [0.15, 0.2) is 59.9 Å². The van der Waals surface area contributed by atoms with E-state index in [9.17, 15) is 17.2 Å². The maximum Gasteiger partial charge on any atom is 0.264 e. The van der Waals surface area contributed by atoms with Crippen LogP contribution in [0.4, 0.5) is 20.3 Å². The van der Waals surface area contributed by atoms with Crippen LogP contribution in [0.1, 0.15) is 0 Å². The second-order valence-corrected chi connectivity index (χ2v) is 9.78. The zero-order chi connectivity index (χ0) is 25.3. The summed E-state index contributed by atoms with van der Waals surface area (Å²) in [7, 11) is -3.05. The van der Waals surface area contributed by atoms with Crippen molar-refractivity contribution in [2.45, 2.75) is 4.90 Å². The minimum atomic E-state index is -4.39. The molecule has 3 heterocycles. The SMILES string of the molecule is COc1ncc(-c2ccc3c(N4CCNCC4)ncnc3c2)cc1NS(=O)(=O)c1ccc(F)cc1F. The molecule has 1 aliphatic rings. The predicted octanol–water partition coefficient (Wildman–Crippen LogP) is 3.19. The number of pyridine rings is 1. The Labute approximate surface area is 206 Å². The van der Waals surface area contributed by atoms with E-state index in [0.29, 0.717) is 11.6 Å². The highest BCUT2D eigenvalue weighted by molar-refractivity contribution is 7.92. The number of ether oxygens (including phenoxy) is 1. The van der Waals surface area contributed by atoms with E-state index in [1.54, 1.807) is 0 Å². The number of aromatic nitrogens is 3. The van der Waals surface area contributed by atoms with Gasteiger partial charge in [0, 0.05) is 49.4 Å². The molecule has 0 unspecified atom stereocenters. The number of hydrogen-bond acceptors (Lipinski definition) is 8. The van der Waals surface area contributed by atoms with Gasteiger partial charge in [0.2, 0.25) is 5.88 Å². The molecular weight excluding hydrogens is 490 g/mol. The van der Waals surface area contributed by atoms with Crippen LogP contribution in [0, 0.1) is 11.6 Å². The normalized spacial score (nSPS) is 14.1. The zero-order valence-corrected chi connectivity index (χ0v) is 20.0. The minimum Gasteiger partial charge on any atom is -0.480 e. The molecule has 186 valence electrons. The maximum atomic E-state index is 14.2. The highest BCUT2D eigenvalue weighted by atomic mass is 32.2. The second kappa shape index (κ2) is 9.63. The smallest absolute Gasteiger partial charge is 0.264 e. The number of fused-ring (bicyclic) bond motifs is 1. The number of nitrogens with one attached hydrogen (secondary N) is 2. The quantitative estimate of drug-likeness (QED) is 0.406. The third-order valence-corrected chi connectivity index (χ3v) is 7.24. The summed E-state index contributed by atoms with van der Waals surface area (Å²) in [5.41, 5.74) is 2.04. The van der Waals surface area contributed by atoms with Crippen LogP contribution < -0.4 is 19.7 Å². The average Bonchev–Trinajstić information content (AvgIpc) is 2.88. The molecule has 2 aromatic carbocycles. The number of sulfonamides is 1. The first kappa shape index (κ1) is 23.8. The molecule has 0 saturated carbocycles. The van der Waals surface area contributed by atoms with Gasteiger partial charge in [-0.25, -0.2) is 32.2 Å². The standard InChI is InChI=1S/C24H22F2N6O3S/c1-35-24-21(31-36(33,34)22-5-3-17(25)12-19(22)26)11-16(13-28-24)15-2-4-18-20(10-15)29-14-30-23(18)32-8-6-27-7-9-32/h2-5,10-14,27,31H,6-9H2,1H3. The predicted molar refractivity (Wildman–Crippen MR) is 132 cm³/mol. The lowest BCUT2D eigenvalue weighted by Crippen LogP contribution is -2.44. The summed E-state index contributed by atoms with van der Waals surface area (Å²) < 4.78 is 60.6. The Hall–Kier alpha value is -3.90. The first-order chi connectivity index (χ1) is 17.4.